The lowest BCUT2D eigenvalue weighted by molar-refractivity contribution is -0.114. The Hall–Kier alpha value is -1.41. The molecule has 4 nitrogen and oxygen atoms in total. The van der Waals surface area contributed by atoms with Gasteiger partial charge in [-0.25, -0.2) is 0 Å². The average molecular weight is 349 g/mol. The molecular formula is C15H18F3NO3S. The van der Waals surface area contributed by atoms with Gasteiger partial charge >= 0.3 is 5.51 Å². The zero-order valence-corrected chi connectivity index (χ0v) is 13.4. The maximum absolute atomic E-state index is 12.1. The number of benzene rings is 1. The lowest BCUT2D eigenvalue weighted by atomic mass is 10.2. The molecule has 1 aromatic carbocycles. The van der Waals surface area contributed by atoms with Crippen molar-refractivity contribution in [2.45, 2.75) is 31.4 Å². The van der Waals surface area contributed by atoms with Gasteiger partial charge in [-0.2, -0.15) is 13.2 Å². The van der Waals surface area contributed by atoms with Crippen LogP contribution in [0.2, 0.25) is 0 Å². The monoisotopic (exact) mass is 349 g/mol. The number of amides is 1. The second-order valence-corrected chi connectivity index (χ2v) is 6.27. The highest BCUT2D eigenvalue weighted by atomic mass is 32.2. The molecule has 1 N–H and O–H groups in total. The van der Waals surface area contributed by atoms with Crippen LogP contribution >= 0.6 is 11.8 Å². The molecule has 2 rings (SSSR count). The summed E-state index contributed by atoms with van der Waals surface area (Å²) in [4.78, 5) is 11.6. The van der Waals surface area contributed by atoms with Crippen LogP contribution in [0.1, 0.15) is 18.4 Å². The van der Waals surface area contributed by atoms with Gasteiger partial charge in [-0.05, 0) is 49.2 Å². The number of anilines is 1. The van der Waals surface area contributed by atoms with Crippen LogP contribution < -0.4 is 10.1 Å². The molecule has 23 heavy (non-hydrogen) atoms. The van der Waals surface area contributed by atoms with Crippen molar-refractivity contribution in [1.29, 1.82) is 0 Å². The Morgan fingerprint density at radius 1 is 1.48 bits per heavy atom. The van der Waals surface area contributed by atoms with Crippen LogP contribution in [-0.4, -0.2) is 36.5 Å². The van der Waals surface area contributed by atoms with E-state index in [1.54, 1.807) is 18.2 Å². The molecule has 1 heterocycles. The smallest absolute Gasteiger partial charge is 0.442 e. The van der Waals surface area contributed by atoms with E-state index < -0.39 is 17.2 Å². The van der Waals surface area contributed by atoms with Crippen LogP contribution in [0.25, 0.3) is 0 Å². The second-order valence-electron chi connectivity index (χ2n) is 5.23. The second kappa shape index (κ2) is 7.92. The predicted octanol–water partition coefficient (Wildman–Crippen LogP) is 3.74. The molecule has 0 saturated carbocycles. The van der Waals surface area contributed by atoms with E-state index in [-0.39, 0.29) is 17.9 Å². The number of ether oxygens (including phenoxy) is 2. The predicted molar refractivity (Wildman–Crippen MR) is 82.8 cm³/mol. The quantitative estimate of drug-likeness (QED) is 0.850. The first kappa shape index (κ1) is 17.9. The Morgan fingerprint density at radius 2 is 2.26 bits per heavy atom. The van der Waals surface area contributed by atoms with Crippen LogP contribution in [0, 0.1) is 6.92 Å². The fourth-order valence-corrected chi connectivity index (χ4v) is 2.51. The molecule has 1 fully saturated rings. The van der Waals surface area contributed by atoms with Gasteiger partial charge in [-0.15, -0.1) is 0 Å². The SMILES string of the molecule is Cc1ccc(NC(=O)CSC(F)(F)F)c(OC[C@@H]2CCCO2)c1. The molecule has 0 unspecified atom stereocenters. The number of nitrogens with one attached hydrogen (secondary N) is 1. The van der Waals surface area contributed by atoms with Gasteiger partial charge in [-0.1, -0.05) is 6.07 Å². The lowest BCUT2D eigenvalue weighted by Crippen LogP contribution is -2.20. The molecule has 0 aromatic heterocycles. The van der Waals surface area contributed by atoms with Crippen LogP contribution in [-0.2, 0) is 9.53 Å². The Kier molecular flexibility index (Phi) is 6.17. The highest BCUT2D eigenvalue weighted by Crippen LogP contribution is 2.31. The summed E-state index contributed by atoms with van der Waals surface area (Å²) in [5.74, 6) is -0.980. The van der Waals surface area contributed by atoms with E-state index in [9.17, 15) is 18.0 Å². The van der Waals surface area contributed by atoms with Gasteiger partial charge in [0.15, 0.2) is 0 Å². The van der Waals surface area contributed by atoms with Gasteiger partial charge in [0.05, 0.1) is 17.5 Å². The summed E-state index contributed by atoms with van der Waals surface area (Å²) in [6.07, 6.45) is 1.91. The number of aryl methyl sites for hydroxylation is 1. The average Bonchev–Trinajstić information content (AvgIpc) is 2.98. The topological polar surface area (TPSA) is 47.6 Å². The highest BCUT2D eigenvalue weighted by Gasteiger charge is 2.29. The van der Waals surface area contributed by atoms with Crippen molar-refractivity contribution in [3.8, 4) is 5.75 Å². The van der Waals surface area contributed by atoms with Crippen molar-refractivity contribution < 1.29 is 27.4 Å². The number of thioether (sulfide) groups is 1. The van der Waals surface area contributed by atoms with Crippen molar-refractivity contribution >= 4 is 23.4 Å². The van der Waals surface area contributed by atoms with Crippen molar-refractivity contribution in [2.75, 3.05) is 24.3 Å². The molecule has 1 aliphatic rings. The van der Waals surface area contributed by atoms with Crippen LogP contribution in [0.3, 0.4) is 0 Å². The van der Waals surface area contributed by atoms with Crippen LogP contribution in [0.15, 0.2) is 18.2 Å². The molecule has 1 amide bonds. The third-order valence-electron chi connectivity index (χ3n) is 3.23. The van der Waals surface area contributed by atoms with E-state index in [0.717, 1.165) is 18.4 Å². The van der Waals surface area contributed by atoms with Gasteiger partial charge in [0.25, 0.3) is 0 Å². The summed E-state index contributed by atoms with van der Waals surface area (Å²) in [6, 6.07) is 5.11. The molecule has 1 atom stereocenters. The lowest BCUT2D eigenvalue weighted by Gasteiger charge is -2.16. The minimum absolute atomic E-state index is 0.0137. The van der Waals surface area contributed by atoms with E-state index in [1.165, 1.54) is 0 Å². The van der Waals surface area contributed by atoms with E-state index >= 15 is 0 Å². The maximum Gasteiger partial charge on any atom is 0.442 e. The molecule has 1 aliphatic heterocycles. The van der Waals surface area contributed by atoms with E-state index in [2.05, 4.69) is 5.32 Å². The van der Waals surface area contributed by atoms with Gasteiger partial charge in [0.2, 0.25) is 5.91 Å². The van der Waals surface area contributed by atoms with Crippen LogP contribution in [0.5, 0.6) is 5.75 Å². The van der Waals surface area contributed by atoms with Gasteiger partial charge in [0.1, 0.15) is 12.4 Å². The zero-order valence-electron chi connectivity index (χ0n) is 12.6. The van der Waals surface area contributed by atoms with Crippen molar-refractivity contribution in [2.24, 2.45) is 0 Å². The number of halogens is 3. The first-order chi connectivity index (χ1) is 10.8. The third kappa shape index (κ3) is 6.31. The Balaban J connectivity index is 1.95. The molecule has 0 radical (unpaired) electrons. The van der Waals surface area contributed by atoms with E-state index in [0.29, 0.717) is 24.7 Å². The first-order valence-corrected chi connectivity index (χ1v) is 8.17. The van der Waals surface area contributed by atoms with Crippen molar-refractivity contribution in [3.05, 3.63) is 23.8 Å². The summed E-state index contributed by atoms with van der Waals surface area (Å²) < 4.78 is 47.5. The number of hydrogen-bond acceptors (Lipinski definition) is 4. The normalized spacial score (nSPS) is 18.0. The Morgan fingerprint density at radius 3 is 2.91 bits per heavy atom. The number of rotatable bonds is 6. The number of carbonyl (C=O) groups is 1. The third-order valence-corrected chi connectivity index (χ3v) is 3.96. The minimum Gasteiger partial charge on any atom is -0.489 e. The van der Waals surface area contributed by atoms with Gasteiger partial charge < -0.3 is 14.8 Å². The highest BCUT2D eigenvalue weighted by molar-refractivity contribution is 8.00. The van der Waals surface area contributed by atoms with E-state index in [4.69, 9.17) is 9.47 Å². The van der Waals surface area contributed by atoms with Crippen molar-refractivity contribution in [3.63, 3.8) is 0 Å². The maximum atomic E-state index is 12.1. The Bertz CT molecular complexity index is 545. The molecule has 8 heteroatoms. The summed E-state index contributed by atoms with van der Waals surface area (Å²) in [7, 11) is 0. The first-order valence-electron chi connectivity index (χ1n) is 7.19. The van der Waals surface area contributed by atoms with Gasteiger partial charge in [-0.3, -0.25) is 4.79 Å². The van der Waals surface area contributed by atoms with Crippen molar-refractivity contribution in [1.82, 2.24) is 0 Å². The van der Waals surface area contributed by atoms with E-state index in [1.807, 2.05) is 6.92 Å². The Labute approximate surface area is 136 Å². The molecule has 1 aromatic rings. The molecule has 1 saturated heterocycles. The summed E-state index contributed by atoms with van der Waals surface area (Å²) in [5, 5.41) is 2.46. The summed E-state index contributed by atoms with van der Waals surface area (Å²) in [5.41, 5.74) is -3.14. The molecule has 0 aliphatic carbocycles. The van der Waals surface area contributed by atoms with Gasteiger partial charge in [0, 0.05) is 6.61 Å². The number of hydrogen-bond donors (Lipinski definition) is 1. The molecule has 0 spiro atoms. The zero-order chi connectivity index (χ0) is 16.9. The fraction of sp³-hybridized carbons (Fsp3) is 0.533. The molecule has 0 bridgehead atoms. The number of alkyl halides is 3. The molecular weight excluding hydrogens is 331 g/mol. The largest absolute Gasteiger partial charge is 0.489 e. The molecule has 128 valence electrons. The standard InChI is InChI=1S/C15H18F3NO3S/c1-10-4-5-12(19-14(20)9-23-15(16,17)18)13(7-10)22-8-11-3-2-6-21-11/h4-5,7,11H,2-3,6,8-9H2,1H3,(H,19,20)/t11-/m0/s1. The van der Waals surface area contributed by atoms with Crippen LogP contribution in [0.4, 0.5) is 18.9 Å². The number of carbonyl (C=O) groups excluding carboxylic acids is 1. The minimum atomic E-state index is -4.43. The summed E-state index contributed by atoms with van der Waals surface area (Å²) in [6.45, 7) is 2.92. The summed E-state index contributed by atoms with van der Waals surface area (Å²) >= 11 is -0.369. The fourth-order valence-electron chi connectivity index (χ4n) is 2.14.